The van der Waals surface area contributed by atoms with Crippen molar-refractivity contribution in [3.05, 3.63) is 64.9 Å². The van der Waals surface area contributed by atoms with Crippen LogP contribution in [-0.2, 0) is 9.53 Å². The van der Waals surface area contributed by atoms with Crippen LogP contribution in [0.5, 0.6) is 11.5 Å². The number of hydrogen-bond acceptors (Lipinski definition) is 9. The molecule has 0 saturated heterocycles. The minimum atomic E-state index is -0.505. The quantitative estimate of drug-likeness (QED) is 0.297. The number of ether oxygens (including phenoxy) is 2. The van der Waals surface area contributed by atoms with Gasteiger partial charge in [0.25, 0.3) is 0 Å². The van der Waals surface area contributed by atoms with Crippen LogP contribution in [0, 0.1) is 6.92 Å². The Morgan fingerprint density at radius 2 is 2.00 bits per heavy atom. The number of rotatable bonds is 8. The maximum Gasteiger partial charge on any atom is 0.331 e. The summed E-state index contributed by atoms with van der Waals surface area (Å²) in [6.45, 7) is 4.03. The lowest BCUT2D eigenvalue weighted by Crippen LogP contribution is -2.07. The van der Waals surface area contributed by atoms with Gasteiger partial charge in [-0.25, -0.2) is 9.79 Å². The van der Waals surface area contributed by atoms with Crippen LogP contribution in [0.15, 0.2) is 63.0 Å². The number of phenolic OH excluding ortho intramolecular Hbond substituents is 1. The highest BCUT2D eigenvalue weighted by molar-refractivity contribution is 8.03. The zero-order valence-electron chi connectivity index (χ0n) is 18.2. The molecule has 9 heteroatoms. The van der Waals surface area contributed by atoms with Crippen molar-refractivity contribution < 1.29 is 23.9 Å². The SMILES string of the molecule is CCOc1cc(O)cc(C(=Nc2ccc(-c3noc(C)n3)cc2)C(=CC(=O)OC)SC)c1. The van der Waals surface area contributed by atoms with E-state index in [4.69, 9.17) is 19.0 Å². The third-order valence-corrected chi connectivity index (χ3v) is 5.02. The molecular formula is C23H23N3O5S. The number of nitrogens with zero attached hydrogens (tertiary/aromatic N) is 3. The van der Waals surface area contributed by atoms with E-state index in [-0.39, 0.29) is 5.75 Å². The summed E-state index contributed by atoms with van der Waals surface area (Å²) in [5.74, 6) is 0.991. The van der Waals surface area contributed by atoms with Crippen LogP contribution in [0.1, 0.15) is 18.4 Å². The average molecular weight is 454 g/mol. The molecule has 0 aliphatic rings. The summed E-state index contributed by atoms with van der Waals surface area (Å²) in [6.07, 6.45) is 3.20. The molecule has 3 rings (SSSR count). The predicted molar refractivity (Wildman–Crippen MR) is 124 cm³/mol. The lowest BCUT2D eigenvalue weighted by molar-refractivity contribution is -0.134. The molecule has 0 unspecified atom stereocenters. The Morgan fingerprint density at radius 1 is 1.25 bits per heavy atom. The van der Waals surface area contributed by atoms with Gasteiger partial charge in [-0.2, -0.15) is 4.98 Å². The molecule has 1 aromatic heterocycles. The zero-order valence-corrected chi connectivity index (χ0v) is 19.0. The zero-order chi connectivity index (χ0) is 23.1. The Bertz CT molecular complexity index is 1150. The Balaban J connectivity index is 2.09. The largest absolute Gasteiger partial charge is 0.508 e. The smallest absolute Gasteiger partial charge is 0.331 e. The number of aromatic hydroxyl groups is 1. The molecule has 3 aromatic rings. The molecule has 2 aromatic carbocycles. The van der Waals surface area contributed by atoms with Crippen molar-refractivity contribution in [2.24, 2.45) is 4.99 Å². The second-order valence-corrected chi connectivity index (χ2v) is 7.38. The van der Waals surface area contributed by atoms with Crippen LogP contribution < -0.4 is 4.74 Å². The fourth-order valence-corrected chi connectivity index (χ4v) is 3.42. The van der Waals surface area contributed by atoms with Gasteiger partial charge in [0, 0.05) is 35.1 Å². The van der Waals surface area contributed by atoms with E-state index in [9.17, 15) is 9.90 Å². The minimum Gasteiger partial charge on any atom is -0.508 e. The summed E-state index contributed by atoms with van der Waals surface area (Å²) in [5.41, 5.74) is 2.50. The first-order chi connectivity index (χ1) is 15.4. The number of hydrogen-bond donors (Lipinski definition) is 1. The first kappa shape index (κ1) is 23.1. The third kappa shape index (κ3) is 5.76. The van der Waals surface area contributed by atoms with E-state index >= 15 is 0 Å². The van der Waals surface area contributed by atoms with Gasteiger partial charge in [0.05, 0.1) is 25.1 Å². The highest BCUT2D eigenvalue weighted by Gasteiger charge is 2.15. The molecule has 0 bridgehead atoms. The summed E-state index contributed by atoms with van der Waals surface area (Å²) in [7, 11) is 1.31. The van der Waals surface area contributed by atoms with Gasteiger partial charge < -0.3 is 19.1 Å². The Kier molecular flexibility index (Phi) is 7.67. The molecule has 1 N–H and O–H groups in total. The van der Waals surface area contributed by atoms with E-state index in [2.05, 4.69) is 10.1 Å². The average Bonchev–Trinajstić information content (AvgIpc) is 3.22. The number of carbonyl (C=O) groups excluding carboxylic acids is 1. The monoisotopic (exact) mass is 453 g/mol. The molecule has 0 aliphatic carbocycles. The molecule has 0 saturated carbocycles. The lowest BCUT2D eigenvalue weighted by atomic mass is 10.1. The van der Waals surface area contributed by atoms with E-state index in [1.165, 1.54) is 31.0 Å². The number of carbonyl (C=O) groups is 1. The Labute approximate surface area is 190 Å². The van der Waals surface area contributed by atoms with Crippen LogP contribution >= 0.6 is 11.8 Å². The van der Waals surface area contributed by atoms with E-state index in [1.807, 2.05) is 37.4 Å². The van der Waals surface area contributed by atoms with Gasteiger partial charge in [0.1, 0.15) is 11.5 Å². The first-order valence-electron chi connectivity index (χ1n) is 9.74. The highest BCUT2D eigenvalue weighted by atomic mass is 32.2. The summed E-state index contributed by atoms with van der Waals surface area (Å²) in [6, 6.07) is 12.1. The Hall–Kier alpha value is -3.59. The molecular weight excluding hydrogens is 430 g/mol. The normalized spacial score (nSPS) is 12.0. The maximum atomic E-state index is 11.9. The van der Waals surface area contributed by atoms with Gasteiger partial charge in [-0.15, -0.1) is 11.8 Å². The molecule has 8 nitrogen and oxygen atoms in total. The summed E-state index contributed by atoms with van der Waals surface area (Å²) >= 11 is 1.34. The van der Waals surface area contributed by atoms with Gasteiger partial charge in [-0.1, -0.05) is 5.16 Å². The van der Waals surface area contributed by atoms with Gasteiger partial charge in [0.15, 0.2) is 0 Å². The summed E-state index contributed by atoms with van der Waals surface area (Å²) in [5, 5.41) is 14.1. The molecule has 0 aliphatic heterocycles. The van der Waals surface area contributed by atoms with E-state index < -0.39 is 5.97 Å². The first-order valence-corrected chi connectivity index (χ1v) is 11.0. The number of esters is 1. The van der Waals surface area contributed by atoms with Gasteiger partial charge >= 0.3 is 5.97 Å². The number of benzene rings is 2. The van der Waals surface area contributed by atoms with E-state index in [1.54, 1.807) is 19.1 Å². The Morgan fingerprint density at radius 3 is 2.59 bits per heavy atom. The van der Waals surface area contributed by atoms with Crippen molar-refractivity contribution >= 4 is 29.1 Å². The van der Waals surface area contributed by atoms with Crippen molar-refractivity contribution in [3.8, 4) is 22.9 Å². The van der Waals surface area contributed by atoms with Crippen molar-refractivity contribution in [1.29, 1.82) is 0 Å². The number of phenols is 1. The lowest BCUT2D eigenvalue weighted by Gasteiger charge is -2.12. The topological polar surface area (TPSA) is 107 Å². The van der Waals surface area contributed by atoms with Crippen LogP contribution in [0.2, 0.25) is 0 Å². The molecule has 32 heavy (non-hydrogen) atoms. The van der Waals surface area contributed by atoms with Crippen molar-refractivity contribution in [2.45, 2.75) is 13.8 Å². The fraction of sp³-hybridized carbons (Fsp3) is 0.217. The molecule has 0 amide bonds. The van der Waals surface area contributed by atoms with E-state index in [0.717, 1.165) is 5.56 Å². The number of allylic oxidation sites excluding steroid dienone is 1. The van der Waals surface area contributed by atoms with Crippen LogP contribution in [0.4, 0.5) is 5.69 Å². The second kappa shape index (κ2) is 10.6. The van der Waals surface area contributed by atoms with Crippen LogP contribution in [0.3, 0.4) is 0 Å². The molecule has 166 valence electrons. The van der Waals surface area contributed by atoms with Crippen molar-refractivity contribution in [3.63, 3.8) is 0 Å². The number of methoxy groups -OCH3 is 1. The van der Waals surface area contributed by atoms with Crippen molar-refractivity contribution in [1.82, 2.24) is 10.1 Å². The summed E-state index contributed by atoms with van der Waals surface area (Å²) < 4.78 is 15.4. The second-order valence-electron chi connectivity index (χ2n) is 6.53. The van der Waals surface area contributed by atoms with Gasteiger partial charge in [-0.3, -0.25) is 0 Å². The van der Waals surface area contributed by atoms with Crippen LogP contribution in [-0.4, -0.2) is 46.9 Å². The third-order valence-electron chi connectivity index (χ3n) is 4.27. The standard InChI is InChI=1S/C23H23N3O5S/c1-5-30-19-11-16(10-18(27)12-19)22(20(32-4)13-21(28)29-3)25-17-8-6-15(7-9-17)23-24-14(2)31-26-23/h6-13,27H,5H2,1-4H3. The molecule has 0 spiro atoms. The molecule has 0 atom stereocenters. The molecule has 1 heterocycles. The van der Waals surface area contributed by atoms with E-state index in [0.29, 0.717) is 45.9 Å². The van der Waals surface area contributed by atoms with Crippen molar-refractivity contribution in [2.75, 3.05) is 20.0 Å². The highest BCUT2D eigenvalue weighted by Crippen LogP contribution is 2.29. The number of aromatic nitrogens is 2. The van der Waals surface area contributed by atoms with Crippen LogP contribution in [0.25, 0.3) is 11.4 Å². The number of aliphatic imine (C=N–C) groups is 1. The van der Waals surface area contributed by atoms with Gasteiger partial charge in [0.2, 0.25) is 11.7 Å². The number of thioether (sulfide) groups is 1. The molecule has 0 fully saturated rings. The number of aryl methyl sites for hydroxylation is 1. The molecule has 0 radical (unpaired) electrons. The van der Waals surface area contributed by atoms with Gasteiger partial charge in [-0.05, 0) is 49.6 Å². The maximum absolute atomic E-state index is 11.9. The predicted octanol–water partition coefficient (Wildman–Crippen LogP) is 4.69. The summed E-state index contributed by atoms with van der Waals surface area (Å²) in [4.78, 5) is 21.5. The minimum absolute atomic E-state index is 0.0278. The fourth-order valence-electron chi connectivity index (χ4n) is 2.85.